The highest BCUT2D eigenvalue weighted by Crippen LogP contribution is 2.22. The predicted octanol–water partition coefficient (Wildman–Crippen LogP) is 3.54. The SMILES string of the molecule is COC(=O)c1cc(Cl)ccc1NC(=O)c1ccnc(Br)c1. The van der Waals surface area contributed by atoms with Crippen LogP contribution in [0.4, 0.5) is 5.69 Å². The molecule has 0 unspecified atom stereocenters. The lowest BCUT2D eigenvalue weighted by Crippen LogP contribution is -2.15. The zero-order valence-corrected chi connectivity index (χ0v) is 13.2. The van der Waals surface area contributed by atoms with Gasteiger partial charge in [-0.05, 0) is 46.3 Å². The fourth-order valence-electron chi connectivity index (χ4n) is 1.64. The molecule has 1 N–H and O–H groups in total. The van der Waals surface area contributed by atoms with Gasteiger partial charge in [-0.25, -0.2) is 9.78 Å². The molecule has 1 aromatic heterocycles. The lowest BCUT2D eigenvalue weighted by molar-refractivity contribution is 0.0602. The van der Waals surface area contributed by atoms with Gasteiger partial charge in [0.05, 0.1) is 18.4 Å². The average Bonchev–Trinajstić information content (AvgIpc) is 2.48. The molecular weight excluding hydrogens is 360 g/mol. The van der Waals surface area contributed by atoms with Gasteiger partial charge < -0.3 is 10.1 Å². The van der Waals surface area contributed by atoms with Crippen LogP contribution in [0.3, 0.4) is 0 Å². The summed E-state index contributed by atoms with van der Waals surface area (Å²) in [5, 5.41) is 3.02. The van der Waals surface area contributed by atoms with E-state index in [2.05, 4.69) is 31.0 Å². The van der Waals surface area contributed by atoms with Gasteiger partial charge in [-0.2, -0.15) is 0 Å². The van der Waals surface area contributed by atoms with Gasteiger partial charge in [0.1, 0.15) is 4.60 Å². The van der Waals surface area contributed by atoms with Crippen molar-refractivity contribution in [3.63, 3.8) is 0 Å². The van der Waals surface area contributed by atoms with E-state index in [0.717, 1.165) is 0 Å². The van der Waals surface area contributed by atoms with Gasteiger partial charge in [0.2, 0.25) is 0 Å². The van der Waals surface area contributed by atoms with Crippen molar-refractivity contribution in [3.05, 3.63) is 57.3 Å². The number of carbonyl (C=O) groups is 2. The topological polar surface area (TPSA) is 68.3 Å². The van der Waals surface area contributed by atoms with Gasteiger partial charge in [-0.3, -0.25) is 4.79 Å². The van der Waals surface area contributed by atoms with Crippen molar-refractivity contribution in [3.8, 4) is 0 Å². The maximum absolute atomic E-state index is 12.2. The summed E-state index contributed by atoms with van der Waals surface area (Å²) >= 11 is 9.05. The molecule has 2 aromatic rings. The first-order valence-corrected chi connectivity index (χ1v) is 6.99. The van der Waals surface area contributed by atoms with Gasteiger partial charge in [0, 0.05) is 16.8 Å². The fraction of sp³-hybridized carbons (Fsp3) is 0.0714. The van der Waals surface area contributed by atoms with E-state index in [4.69, 9.17) is 11.6 Å². The monoisotopic (exact) mass is 368 g/mol. The van der Waals surface area contributed by atoms with Crippen LogP contribution in [-0.4, -0.2) is 24.0 Å². The van der Waals surface area contributed by atoms with E-state index >= 15 is 0 Å². The van der Waals surface area contributed by atoms with E-state index in [9.17, 15) is 9.59 Å². The van der Waals surface area contributed by atoms with Gasteiger partial charge in [0.25, 0.3) is 5.91 Å². The molecular formula is C14H10BrClN2O3. The Labute approximate surface area is 134 Å². The van der Waals surface area contributed by atoms with Crippen LogP contribution in [0.15, 0.2) is 41.1 Å². The molecule has 21 heavy (non-hydrogen) atoms. The number of hydrogen-bond donors (Lipinski definition) is 1. The molecule has 5 nitrogen and oxygen atoms in total. The molecule has 0 saturated heterocycles. The smallest absolute Gasteiger partial charge is 0.340 e. The minimum atomic E-state index is -0.580. The number of esters is 1. The maximum atomic E-state index is 12.2. The molecule has 108 valence electrons. The Hall–Kier alpha value is -1.92. The van der Waals surface area contributed by atoms with E-state index in [0.29, 0.717) is 20.9 Å². The van der Waals surface area contributed by atoms with Crippen LogP contribution in [0, 0.1) is 0 Å². The van der Waals surface area contributed by atoms with E-state index in [1.165, 1.54) is 19.4 Å². The summed E-state index contributed by atoms with van der Waals surface area (Å²) in [5.41, 5.74) is 0.915. The maximum Gasteiger partial charge on any atom is 0.340 e. The Bertz CT molecular complexity index is 706. The van der Waals surface area contributed by atoms with Crippen LogP contribution in [0.25, 0.3) is 0 Å². The number of aromatic nitrogens is 1. The van der Waals surface area contributed by atoms with Crippen LogP contribution < -0.4 is 5.32 Å². The second-order valence-electron chi connectivity index (χ2n) is 4.00. The standard InChI is InChI=1S/C14H10BrClN2O3/c1-21-14(20)10-7-9(16)2-3-11(10)18-13(19)8-4-5-17-12(15)6-8/h2-7H,1H3,(H,18,19). The molecule has 0 aliphatic carbocycles. The molecule has 7 heteroatoms. The predicted molar refractivity (Wildman–Crippen MR) is 82.7 cm³/mol. The number of pyridine rings is 1. The highest BCUT2D eigenvalue weighted by atomic mass is 79.9. The number of rotatable bonds is 3. The summed E-state index contributed by atoms with van der Waals surface area (Å²) in [7, 11) is 1.26. The molecule has 1 heterocycles. The van der Waals surface area contributed by atoms with Crippen molar-refractivity contribution >= 4 is 45.1 Å². The number of hydrogen-bond acceptors (Lipinski definition) is 4. The number of nitrogens with one attached hydrogen (secondary N) is 1. The lowest BCUT2D eigenvalue weighted by Gasteiger charge is -2.10. The molecule has 0 atom stereocenters. The molecule has 0 bridgehead atoms. The average molecular weight is 370 g/mol. The first-order chi connectivity index (χ1) is 10.0. The van der Waals surface area contributed by atoms with Crippen molar-refractivity contribution < 1.29 is 14.3 Å². The van der Waals surface area contributed by atoms with Crippen molar-refractivity contribution in [2.75, 3.05) is 12.4 Å². The largest absolute Gasteiger partial charge is 0.465 e. The second-order valence-corrected chi connectivity index (χ2v) is 5.25. The number of ether oxygens (including phenoxy) is 1. The molecule has 1 amide bonds. The number of amides is 1. The Kier molecular flexibility index (Phi) is 4.93. The summed E-state index contributed by atoms with van der Waals surface area (Å²) in [4.78, 5) is 27.8. The quantitative estimate of drug-likeness (QED) is 0.664. The third kappa shape index (κ3) is 3.80. The van der Waals surface area contributed by atoms with E-state index < -0.39 is 5.97 Å². The molecule has 0 spiro atoms. The van der Waals surface area contributed by atoms with Crippen LogP contribution in [0.2, 0.25) is 5.02 Å². The zero-order valence-electron chi connectivity index (χ0n) is 10.9. The molecule has 0 fully saturated rings. The highest BCUT2D eigenvalue weighted by molar-refractivity contribution is 9.10. The number of methoxy groups -OCH3 is 1. The second kappa shape index (κ2) is 6.69. The van der Waals surface area contributed by atoms with Crippen LogP contribution in [0.1, 0.15) is 20.7 Å². The van der Waals surface area contributed by atoms with Crippen molar-refractivity contribution in [2.45, 2.75) is 0 Å². The first-order valence-electron chi connectivity index (χ1n) is 5.82. The Morgan fingerprint density at radius 1 is 1.29 bits per heavy atom. The summed E-state index contributed by atoms with van der Waals surface area (Å²) in [6.07, 6.45) is 1.50. The normalized spacial score (nSPS) is 10.0. The molecule has 0 saturated carbocycles. The summed E-state index contributed by atoms with van der Waals surface area (Å²) in [6.45, 7) is 0. The molecule has 1 aromatic carbocycles. The third-order valence-corrected chi connectivity index (χ3v) is 3.29. The van der Waals surface area contributed by atoms with Crippen molar-refractivity contribution in [1.29, 1.82) is 0 Å². The first kappa shape index (κ1) is 15.5. The number of nitrogens with zero attached hydrogens (tertiary/aromatic N) is 1. The van der Waals surface area contributed by atoms with Crippen molar-refractivity contribution in [2.24, 2.45) is 0 Å². The number of anilines is 1. The molecule has 2 rings (SSSR count). The number of carbonyl (C=O) groups excluding carboxylic acids is 2. The van der Waals surface area contributed by atoms with Gasteiger partial charge in [0.15, 0.2) is 0 Å². The van der Waals surface area contributed by atoms with Gasteiger partial charge >= 0.3 is 5.97 Å². The fourth-order valence-corrected chi connectivity index (χ4v) is 2.18. The molecule has 0 radical (unpaired) electrons. The van der Waals surface area contributed by atoms with E-state index in [1.54, 1.807) is 24.3 Å². The van der Waals surface area contributed by atoms with Gasteiger partial charge in [-0.15, -0.1) is 0 Å². The van der Waals surface area contributed by atoms with Gasteiger partial charge in [-0.1, -0.05) is 11.6 Å². The Morgan fingerprint density at radius 2 is 2.05 bits per heavy atom. The van der Waals surface area contributed by atoms with E-state index in [-0.39, 0.29) is 11.5 Å². The van der Waals surface area contributed by atoms with Crippen molar-refractivity contribution in [1.82, 2.24) is 4.98 Å². The molecule has 0 aliphatic heterocycles. The summed E-state index contributed by atoms with van der Waals surface area (Å²) in [5.74, 6) is -0.950. The van der Waals surface area contributed by atoms with Crippen LogP contribution >= 0.6 is 27.5 Å². The highest BCUT2D eigenvalue weighted by Gasteiger charge is 2.15. The summed E-state index contributed by atoms with van der Waals surface area (Å²) < 4.78 is 5.21. The number of benzene rings is 1. The summed E-state index contributed by atoms with van der Waals surface area (Å²) in [6, 6.07) is 7.69. The van der Waals surface area contributed by atoms with Crippen LogP contribution in [-0.2, 0) is 4.74 Å². The Balaban J connectivity index is 2.31. The third-order valence-electron chi connectivity index (χ3n) is 2.62. The zero-order chi connectivity index (χ0) is 15.4. The minimum absolute atomic E-state index is 0.187. The lowest BCUT2D eigenvalue weighted by atomic mass is 10.1. The van der Waals surface area contributed by atoms with E-state index in [1.807, 2.05) is 0 Å². The molecule has 0 aliphatic rings. The minimum Gasteiger partial charge on any atom is -0.465 e. The number of halogens is 2. The van der Waals surface area contributed by atoms with Crippen LogP contribution in [0.5, 0.6) is 0 Å². The Morgan fingerprint density at radius 3 is 2.71 bits per heavy atom.